The highest BCUT2D eigenvalue weighted by Crippen LogP contribution is 2.49. The lowest BCUT2D eigenvalue weighted by Gasteiger charge is -2.28. The molecule has 27 heavy (non-hydrogen) atoms. The number of halogens is 1. The van der Waals surface area contributed by atoms with E-state index in [1.165, 1.54) is 10.6 Å². The number of benzene rings is 2. The van der Waals surface area contributed by atoms with E-state index in [2.05, 4.69) is 5.32 Å². The Labute approximate surface area is 164 Å². The third-order valence-electron chi connectivity index (χ3n) is 5.53. The van der Waals surface area contributed by atoms with Gasteiger partial charge in [0, 0.05) is 23.8 Å². The molecule has 1 aliphatic heterocycles. The molecule has 5 nitrogen and oxygen atoms in total. The van der Waals surface area contributed by atoms with Gasteiger partial charge in [-0.05, 0) is 54.2 Å². The van der Waals surface area contributed by atoms with Crippen LogP contribution in [0.4, 0.5) is 5.69 Å². The number of carbonyl (C=O) groups excluding carboxylic acids is 1. The van der Waals surface area contributed by atoms with Gasteiger partial charge in [-0.15, -0.1) is 0 Å². The van der Waals surface area contributed by atoms with Gasteiger partial charge in [0.25, 0.3) is 0 Å². The first-order valence-corrected chi connectivity index (χ1v) is 11.2. The highest BCUT2D eigenvalue weighted by atomic mass is 35.5. The molecule has 142 valence electrons. The molecule has 2 aliphatic rings. The molecule has 1 aliphatic carbocycles. The summed E-state index contributed by atoms with van der Waals surface area (Å²) in [4.78, 5) is 13.0. The molecular weight excluding hydrogens is 384 g/mol. The Morgan fingerprint density at radius 3 is 2.48 bits per heavy atom. The molecule has 0 atom stereocenters. The smallest absolute Gasteiger partial charge is 0.235 e. The number of hydrogen-bond donors (Lipinski definition) is 1. The zero-order chi connectivity index (χ0) is 19.2. The average Bonchev–Trinajstić information content (AvgIpc) is 3.43. The van der Waals surface area contributed by atoms with Gasteiger partial charge in [-0.1, -0.05) is 35.9 Å². The molecule has 4 rings (SSSR count). The molecule has 0 spiro atoms. The minimum absolute atomic E-state index is 0.0104. The molecule has 1 N–H and O–H groups in total. The Balaban J connectivity index is 1.58. The SMILES string of the molecule is CS(=O)(=O)N1CCc2c(cccc2NC(=O)C2(c3ccc(Cl)cc3)CC2)C1. The van der Waals surface area contributed by atoms with Gasteiger partial charge in [0.1, 0.15) is 0 Å². The zero-order valence-electron chi connectivity index (χ0n) is 15.0. The molecule has 1 saturated carbocycles. The first-order valence-electron chi connectivity index (χ1n) is 8.93. The normalized spacial score (nSPS) is 18.6. The summed E-state index contributed by atoms with van der Waals surface area (Å²) in [5.74, 6) is -0.0104. The van der Waals surface area contributed by atoms with Crippen molar-refractivity contribution in [1.29, 1.82) is 0 Å². The van der Waals surface area contributed by atoms with Crippen LogP contribution in [0.3, 0.4) is 0 Å². The Hall–Kier alpha value is -1.89. The summed E-state index contributed by atoms with van der Waals surface area (Å²) in [5.41, 5.74) is 3.25. The molecule has 2 aromatic carbocycles. The minimum Gasteiger partial charge on any atom is -0.325 e. The molecule has 0 bridgehead atoms. The van der Waals surface area contributed by atoms with E-state index in [1.54, 1.807) is 0 Å². The van der Waals surface area contributed by atoms with E-state index in [9.17, 15) is 13.2 Å². The van der Waals surface area contributed by atoms with Crippen LogP contribution in [0.5, 0.6) is 0 Å². The summed E-state index contributed by atoms with van der Waals surface area (Å²) >= 11 is 5.97. The Morgan fingerprint density at radius 2 is 1.85 bits per heavy atom. The molecule has 7 heteroatoms. The Bertz CT molecular complexity index is 998. The van der Waals surface area contributed by atoms with E-state index < -0.39 is 15.4 Å². The van der Waals surface area contributed by atoms with Gasteiger partial charge in [0.2, 0.25) is 15.9 Å². The number of amides is 1. The Morgan fingerprint density at radius 1 is 1.15 bits per heavy atom. The van der Waals surface area contributed by atoms with Crippen LogP contribution in [0, 0.1) is 0 Å². The number of sulfonamides is 1. The summed E-state index contributed by atoms with van der Waals surface area (Å²) < 4.78 is 25.1. The number of rotatable bonds is 4. The summed E-state index contributed by atoms with van der Waals surface area (Å²) in [6, 6.07) is 13.1. The van der Waals surface area contributed by atoms with E-state index in [-0.39, 0.29) is 5.91 Å². The third-order valence-corrected chi connectivity index (χ3v) is 7.03. The summed E-state index contributed by atoms with van der Waals surface area (Å²) in [6.45, 7) is 0.779. The van der Waals surface area contributed by atoms with Crippen LogP contribution in [0.2, 0.25) is 5.02 Å². The second-order valence-corrected chi connectivity index (χ2v) is 9.75. The number of anilines is 1. The fourth-order valence-electron chi connectivity index (χ4n) is 3.77. The van der Waals surface area contributed by atoms with Crippen LogP contribution in [0.1, 0.15) is 29.5 Å². The first-order chi connectivity index (χ1) is 12.8. The number of nitrogens with one attached hydrogen (secondary N) is 1. The fraction of sp³-hybridized carbons (Fsp3) is 0.350. The van der Waals surface area contributed by atoms with Gasteiger partial charge in [0.05, 0.1) is 11.7 Å². The number of hydrogen-bond acceptors (Lipinski definition) is 3. The van der Waals surface area contributed by atoms with Crippen molar-refractivity contribution in [3.05, 3.63) is 64.2 Å². The lowest BCUT2D eigenvalue weighted by atomic mass is 9.94. The van der Waals surface area contributed by atoms with E-state index in [4.69, 9.17) is 11.6 Å². The van der Waals surface area contributed by atoms with Crippen molar-refractivity contribution in [3.8, 4) is 0 Å². The van der Waals surface area contributed by atoms with Gasteiger partial charge in [0.15, 0.2) is 0 Å². The molecule has 0 saturated heterocycles. The van der Waals surface area contributed by atoms with Gasteiger partial charge in [-0.25, -0.2) is 8.42 Å². The highest BCUT2D eigenvalue weighted by Gasteiger charge is 2.51. The molecule has 0 unspecified atom stereocenters. The van der Waals surface area contributed by atoms with Gasteiger partial charge >= 0.3 is 0 Å². The summed E-state index contributed by atoms with van der Waals surface area (Å²) in [5, 5.41) is 3.75. The summed E-state index contributed by atoms with van der Waals surface area (Å²) in [7, 11) is -3.22. The molecule has 1 amide bonds. The molecule has 1 fully saturated rings. The van der Waals surface area contributed by atoms with E-state index in [0.717, 1.165) is 35.2 Å². The maximum absolute atomic E-state index is 13.0. The van der Waals surface area contributed by atoms with Crippen molar-refractivity contribution in [1.82, 2.24) is 4.31 Å². The monoisotopic (exact) mass is 404 g/mol. The van der Waals surface area contributed by atoms with Crippen molar-refractivity contribution in [2.45, 2.75) is 31.2 Å². The molecule has 2 aromatic rings. The number of fused-ring (bicyclic) bond motifs is 1. The third kappa shape index (κ3) is 3.49. The van der Waals surface area contributed by atoms with Crippen LogP contribution in [0.15, 0.2) is 42.5 Å². The quantitative estimate of drug-likeness (QED) is 0.849. The van der Waals surface area contributed by atoms with Gasteiger partial charge < -0.3 is 5.32 Å². The predicted octanol–water partition coefficient (Wildman–Crippen LogP) is 3.33. The summed E-state index contributed by atoms with van der Waals surface area (Å²) in [6.07, 6.45) is 3.45. The maximum Gasteiger partial charge on any atom is 0.235 e. The van der Waals surface area contributed by atoms with E-state index in [1.807, 2.05) is 42.5 Å². The first kappa shape index (κ1) is 18.5. The van der Waals surface area contributed by atoms with Crippen molar-refractivity contribution < 1.29 is 13.2 Å². The number of nitrogens with zero attached hydrogens (tertiary/aromatic N) is 1. The molecule has 0 radical (unpaired) electrons. The predicted molar refractivity (Wildman–Crippen MR) is 106 cm³/mol. The lowest BCUT2D eigenvalue weighted by molar-refractivity contribution is -0.118. The second-order valence-electron chi connectivity index (χ2n) is 7.33. The molecule has 1 heterocycles. The van der Waals surface area contributed by atoms with Crippen LogP contribution < -0.4 is 5.32 Å². The largest absolute Gasteiger partial charge is 0.325 e. The number of carbonyl (C=O) groups is 1. The van der Waals surface area contributed by atoms with Crippen molar-refractivity contribution in [2.24, 2.45) is 0 Å². The van der Waals surface area contributed by atoms with Crippen LogP contribution >= 0.6 is 11.6 Å². The average molecular weight is 405 g/mol. The Kier molecular flexibility index (Phi) is 4.53. The fourth-order valence-corrected chi connectivity index (χ4v) is 4.69. The molecular formula is C20H21ClN2O3S. The van der Waals surface area contributed by atoms with Gasteiger partial charge in [-0.2, -0.15) is 4.31 Å². The van der Waals surface area contributed by atoms with Crippen LogP contribution in [-0.4, -0.2) is 31.4 Å². The maximum atomic E-state index is 13.0. The van der Waals surface area contributed by atoms with E-state index >= 15 is 0 Å². The van der Waals surface area contributed by atoms with Crippen LogP contribution in [-0.2, 0) is 33.2 Å². The van der Waals surface area contributed by atoms with Gasteiger partial charge in [-0.3, -0.25) is 4.79 Å². The molecule has 0 aromatic heterocycles. The highest BCUT2D eigenvalue weighted by molar-refractivity contribution is 7.88. The topological polar surface area (TPSA) is 66.5 Å². The van der Waals surface area contributed by atoms with E-state index in [0.29, 0.717) is 24.5 Å². The van der Waals surface area contributed by atoms with Crippen molar-refractivity contribution in [3.63, 3.8) is 0 Å². The van der Waals surface area contributed by atoms with Crippen molar-refractivity contribution >= 4 is 33.2 Å². The lowest BCUT2D eigenvalue weighted by Crippen LogP contribution is -2.36. The van der Waals surface area contributed by atoms with Crippen LogP contribution in [0.25, 0.3) is 0 Å². The standard InChI is InChI=1S/C20H21ClN2O3S/c1-27(25,26)23-12-9-17-14(13-23)3-2-4-18(17)22-19(24)20(10-11-20)15-5-7-16(21)8-6-15/h2-8H,9-13H2,1H3,(H,22,24). The second kappa shape index (κ2) is 6.62. The zero-order valence-corrected chi connectivity index (χ0v) is 16.6. The minimum atomic E-state index is -3.22. The van der Waals surface area contributed by atoms with Crippen molar-refractivity contribution in [2.75, 3.05) is 18.1 Å².